The lowest BCUT2D eigenvalue weighted by Gasteiger charge is -2.17. The van der Waals surface area contributed by atoms with Crippen LogP contribution in [0.1, 0.15) is 11.1 Å². The van der Waals surface area contributed by atoms with Gasteiger partial charge in [-0.05, 0) is 23.8 Å². The lowest BCUT2D eigenvalue weighted by molar-refractivity contribution is -0.140. The van der Waals surface area contributed by atoms with E-state index in [4.69, 9.17) is 17.3 Å². The topological polar surface area (TPSA) is 77.9 Å². The molecular weight excluding hydrogens is 415 g/mol. The van der Waals surface area contributed by atoms with E-state index >= 15 is 0 Å². The molecule has 2 heterocycles. The molecule has 0 radical (unpaired) electrons. The lowest BCUT2D eigenvalue weighted by atomic mass is 10.1. The van der Waals surface area contributed by atoms with Crippen LogP contribution in [0.5, 0.6) is 0 Å². The Bertz CT molecular complexity index is 1100. The number of carboxylic acid groups (broad SMARTS) is 1. The van der Waals surface area contributed by atoms with E-state index in [1.807, 2.05) is 0 Å². The number of amides is 2. The van der Waals surface area contributed by atoms with Crippen LogP contribution in [0.2, 0.25) is 0 Å². The van der Waals surface area contributed by atoms with E-state index in [2.05, 4.69) is 0 Å². The van der Waals surface area contributed by atoms with Gasteiger partial charge in [-0.1, -0.05) is 54.3 Å². The first-order chi connectivity index (χ1) is 13.9. The minimum Gasteiger partial charge on any atom is -0.480 e. The molecule has 2 aromatic rings. The number of carbonyl (C=O) groups is 3. The van der Waals surface area contributed by atoms with Crippen molar-refractivity contribution in [3.05, 3.63) is 70.4 Å². The number of carbonyl (C=O) groups excluding carboxylic acids is 2. The van der Waals surface area contributed by atoms with E-state index < -0.39 is 18.4 Å². The fourth-order valence-corrected chi connectivity index (χ4v) is 4.58. The first-order valence-corrected chi connectivity index (χ1v) is 9.74. The first-order valence-electron chi connectivity index (χ1n) is 8.52. The third kappa shape index (κ3) is 3.43. The summed E-state index contributed by atoms with van der Waals surface area (Å²) in [5.41, 5.74) is 2.14. The number of nitrogens with zero attached hydrogens (tertiary/aromatic N) is 2. The number of halogens is 1. The smallest absolute Gasteiger partial charge is 0.323 e. The molecule has 0 spiro atoms. The molecule has 0 bridgehead atoms. The van der Waals surface area contributed by atoms with Gasteiger partial charge in [0.25, 0.3) is 11.8 Å². The molecule has 0 aliphatic carbocycles. The SMILES string of the molecule is O=C(O)CN1C(=O)/C(=C2\C(=O)N(Cc3ccc(F)cc3)c3ccccc32)SC1=S. The predicted molar refractivity (Wildman–Crippen MR) is 110 cm³/mol. The fraction of sp³-hybridized carbons (Fsp3) is 0.100. The Morgan fingerprint density at radius 3 is 2.41 bits per heavy atom. The Labute approximate surface area is 174 Å². The Hall–Kier alpha value is -3.04. The summed E-state index contributed by atoms with van der Waals surface area (Å²) in [5, 5.41) is 9.02. The normalized spacial score (nSPS) is 18.6. The maximum atomic E-state index is 13.3. The zero-order valence-corrected chi connectivity index (χ0v) is 16.4. The maximum absolute atomic E-state index is 13.3. The Kier molecular flexibility index (Phi) is 4.93. The minimum absolute atomic E-state index is 0.0992. The molecule has 0 atom stereocenters. The quantitative estimate of drug-likeness (QED) is 0.596. The molecule has 2 aromatic carbocycles. The van der Waals surface area contributed by atoms with Crippen LogP contribution in [0.4, 0.5) is 10.1 Å². The van der Waals surface area contributed by atoms with Crippen molar-refractivity contribution in [1.29, 1.82) is 0 Å². The van der Waals surface area contributed by atoms with E-state index in [0.717, 1.165) is 22.2 Å². The standard InChI is InChI=1S/C20H13FN2O4S2/c21-12-7-5-11(6-8-12)9-22-14-4-2-1-3-13(14)16(18(22)26)17-19(27)23(10-15(24)25)20(28)29-17/h1-8H,9-10H2,(H,24,25)/b17-16+. The Morgan fingerprint density at radius 1 is 1.03 bits per heavy atom. The predicted octanol–water partition coefficient (Wildman–Crippen LogP) is 3.03. The third-order valence-electron chi connectivity index (χ3n) is 4.55. The number of thiocarbonyl (C=S) groups is 1. The summed E-state index contributed by atoms with van der Waals surface area (Å²) in [6.45, 7) is -0.356. The second kappa shape index (κ2) is 7.41. The fourth-order valence-electron chi connectivity index (χ4n) is 3.25. The number of benzene rings is 2. The number of anilines is 1. The van der Waals surface area contributed by atoms with Crippen LogP contribution in [0.15, 0.2) is 53.4 Å². The average Bonchev–Trinajstić information content (AvgIpc) is 3.11. The van der Waals surface area contributed by atoms with Crippen LogP contribution in [-0.4, -0.2) is 38.7 Å². The number of para-hydroxylation sites is 1. The molecule has 4 rings (SSSR count). The Morgan fingerprint density at radius 2 is 1.72 bits per heavy atom. The molecule has 1 fully saturated rings. The van der Waals surface area contributed by atoms with Gasteiger partial charge in [-0.2, -0.15) is 0 Å². The van der Waals surface area contributed by atoms with Crippen LogP contribution in [0, 0.1) is 5.82 Å². The van der Waals surface area contributed by atoms with E-state index in [9.17, 15) is 18.8 Å². The van der Waals surface area contributed by atoms with Crippen LogP contribution in [0.3, 0.4) is 0 Å². The van der Waals surface area contributed by atoms with Gasteiger partial charge in [0, 0.05) is 5.56 Å². The number of rotatable bonds is 4. The van der Waals surface area contributed by atoms with Crippen molar-refractivity contribution in [3.63, 3.8) is 0 Å². The molecule has 2 amide bonds. The van der Waals surface area contributed by atoms with Gasteiger partial charge in [-0.3, -0.25) is 19.3 Å². The van der Waals surface area contributed by atoms with E-state index in [0.29, 0.717) is 11.3 Å². The number of fused-ring (bicyclic) bond motifs is 1. The summed E-state index contributed by atoms with van der Waals surface area (Å²) in [6.07, 6.45) is 0. The summed E-state index contributed by atoms with van der Waals surface area (Å²) in [5.74, 6) is -2.54. The lowest BCUT2D eigenvalue weighted by Crippen LogP contribution is -2.33. The molecule has 1 N–H and O–H groups in total. The van der Waals surface area contributed by atoms with Gasteiger partial charge in [0.1, 0.15) is 16.7 Å². The van der Waals surface area contributed by atoms with Crippen molar-refractivity contribution in [2.24, 2.45) is 0 Å². The third-order valence-corrected chi connectivity index (χ3v) is 5.99. The summed E-state index contributed by atoms with van der Waals surface area (Å²) >= 11 is 6.07. The van der Waals surface area contributed by atoms with Crippen LogP contribution in [0.25, 0.3) is 5.57 Å². The van der Waals surface area contributed by atoms with Gasteiger partial charge < -0.3 is 10.0 Å². The molecule has 0 unspecified atom stereocenters. The summed E-state index contributed by atoms with van der Waals surface area (Å²) in [7, 11) is 0. The molecule has 1 saturated heterocycles. The second-order valence-electron chi connectivity index (χ2n) is 6.39. The second-order valence-corrected chi connectivity index (χ2v) is 8.04. The number of hydrogen-bond donors (Lipinski definition) is 1. The molecule has 0 aromatic heterocycles. The summed E-state index contributed by atoms with van der Waals surface area (Å²) in [4.78, 5) is 39.7. The molecule has 146 valence electrons. The number of carboxylic acids is 1. The van der Waals surface area contributed by atoms with Crippen molar-refractivity contribution in [2.75, 3.05) is 11.4 Å². The van der Waals surface area contributed by atoms with Crippen LogP contribution in [-0.2, 0) is 20.9 Å². The summed E-state index contributed by atoms with van der Waals surface area (Å²) < 4.78 is 13.3. The van der Waals surface area contributed by atoms with Crippen molar-refractivity contribution in [2.45, 2.75) is 6.54 Å². The van der Waals surface area contributed by atoms with Crippen molar-refractivity contribution < 1.29 is 23.9 Å². The number of aliphatic carboxylic acids is 1. The average molecular weight is 428 g/mol. The Balaban J connectivity index is 1.76. The van der Waals surface area contributed by atoms with Crippen molar-refractivity contribution in [3.8, 4) is 0 Å². The monoisotopic (exact) mass is 428 g/mol. The van der Waals surface area contributed by atoms with Gasteiger partial charge >= 0.3 is 5.97 Å². The van der Waals surface area contributed by atoms with E-state index in [1.54, 1.807) is 36.4 Å². The van der Waals surface area contributed by atoms with Gasteiger partial charge in [-0.15, -0.1) is 0 Å². The molecular formula is C20H13FN2O4S2. The molecule has 0 saturated carbocycles. The van der Waals surface area contributed by atoms with Crippen LogP contribution >= 0.6 is 24.0 Å². The molecule has 6 nitrogen and oxygen atoms in total. The van der Waals surface area contributed by atoms with Gasteiger partial charge in [0.2, 0.25) is 0 Å². The van der Waals surface area contributed by atoms with Crippen LogP contribution < -0.4 is 4.90 Å². The highest BCUT2D eigenvalue weighted by Crippen LogP contribution is 2.44. The number of hydrogen-bond acceptors (Lipinski definition) is 5. The molecule has 9 heteroatoms. The molecule has 2 aliphatic heterocycles. The van der Waals surface area contributed by atoms with Gasteiger partial charge in [0.05, 0.1) is 22.7 Å². The number of thioether (sulfide) groups is 1. The zero-order valence-electron chi connectivity index (χ0n) is 14.8. The highest BCUT2D eigenvalue weighted by molar-refractivity contribution is 8.26. The highest BCUT2D eigenvalue weighted by Gasteiger charge is 2.42. The van der Waals surface area contributed by atoms with Crippen molar-refractivity contribution >= 4 is 57.3 Å². The van der Waals surface area contributed by atoms with Gasteiger partial charge in [-0.25, -0.2) is 4.39 Å². The molecule has 2 aliphatic rings. The highest BCUT2D eigenvalue weighted by atomic mass is 32.2. The van der Waals surface area contributed by atoms with Crippen molar-refractivity contribution in [1.82, 2.24) is 4.90 Å². The largest absolute Gasteiger partial charge is 0.480 e. The zero-order chi connectivity index (χ0) is 20.7. The minimum atomic E-state index is -1.19. The maximum Gasteiger partial charge on any atom is 0.323 e. The van der Waals surface area contributed by atoms with Gasteiger partial charge in [0.15, 0.2) is 0 Å². The molecule has 29 heavy (non-hydrogen) atoms. The van der Waals surface area contributed by atoms with E-state index in [1.165, 1.54) is 17.0 Å². The van der Waals surface area contributed by atoms with E-state index in [-0.39, 0.29) is 33.1 Å². The first kappa shape index (κ1) is 19.3. The summed E-state index contributed by atoms with van der Waals surface area (Å²) in [6, 6.07) is 12.9.